The van der Waals surface area contributed by atoms with E-state index in [0.29, 0.717) is 17.4 Å². The highest BCUT2D eigenvalue weighted by Gasteiger charge is 2.23. The van der Waals surface area contributed by atoms with Crippen molar-refractivity contribution in [1.29, 1.82) is 0 Å². The topological polar surface area (TPSA) is 63.9 Å². The van der Waals surface area contributed by atoms with E-state index < -0.39 is 0 Å². The highest BCUT2D eigenvalue weighted by molar-refractivity contribution is 7.22. The van der Waals surface area contributed by atoms with Crippen LogP contribution >= 0.6 is 11.3 Å². The molecule has 0 radical (unpaired) electrons. The fourth-order valence-corrected chi connectivity index (χ4v) is 3.49. The second-order valence-corrected chi connectivity index (χ2v) is 6.56. The molecule has 4 aromatic rings. The largest absolute Gasteiger partial charge is 0.280 e. The fraction of sp³-hybridized carbons (Fsp3) is 0.111. The molecule has 0 aliphatic heterocycles. The summed E-state index contributed by atoms with van der Waals surface area (Å²) in [6.07, 6.45) is 3.47. The monoisotopic (exact) mass is 349 g/mol. The van der Waals surface area contributed by atoms with Crippen molar-refractivity contribution >= 4 is 32.6 Å². The molecule has 0 saturated heterocycles. The van der Waals surface area contributed by atoms with E-state index in [0.717, 1.165) is 15.9 Å². The molecule has 0 aliphatic carbocycles. The van der Waals surface area contributed by atoms with Crippen molar-refractivity contribution in [2.45, 2.75) is 6.54 Å². The highest BCUT2D eigenvalue weighted by atomic mass is 32.1. The van der Waals surface area contributed by atoms with Crippen LogP contribution in [0.3, 0.4) is 0 Å². The number of para-hydroxylation sites is 1. The van der Waals surface area contributed by atoms with E-state index in [4.69, 9.17) is 0 Å². The van der Waals surface area contributed by atoms with Crippen molar-refractivity contribution < 1.29 is 4.79 Å². The number of nitrogens with zero attached hydrogens (tertiary/aromatic N) is 5. The van der Waals surface area contributed by atoms with Crippen LogP contribution in [0.4, 0.5) is 5.13 Å². The summed E-state index contributed by atoms with van der Waals surface area (Å²) in [5.41, 5.74) is 2.06. The summed E-state index contributed by atoms with van der Waals surface area (Å²) < 4.78 is 2.65. The van der Waals surface area contributed by atoms with Crippen LogP contribution in [0.15, 0.2) is 60.9 Å². The first-order valence-electron chi connectivity index (χ1n) is 7.78. The van der Waals surface area contributed by atoms with Crippen LogP contribution in [-0.2, 0) is 13.6 Å². The van der Waals surface area contributed by atoms with Crippen molar-refractivity contribution in [3.8, 4) is 0 Å². The number of hydrogen-bond acceptors (Lipinski definition) is 5. The number of carbonyl (C=O) groups is 1. The third-order valence-electron chi connectivity index (χ3n) is 3.74. The minimum Gasteiger partial charge on any atom is -0.276 e. The van der Waals surface area contributed by atoms with Crippen molar-refractivity contribution in [2.75, 3.05) is 4.90 Å². The summed E-state index contributed by atoms with van der Waals surface area (Å²) in [4.78, 5) is 23.6. The van der Waals surface area contributed by atoms with E-state index in [1.54, 1.807) is 35.1 Å². The Bertz CT molecular complexity index is 991. The van der Waals surface area contributed by atoms with Crippen molar-refractivity contribution in [1.82, 2.24) is 19.7 Å². The standard InChI is InChI=1S/C18H15N5OS/c1-22-11-9-15(21-22)17(24)23(12-13-6-4-5-10-19-13)18-20-14-7-2-3-8-16(14)25-18/h2-11H,12H2,1H3. The van der Waals surface area contributed by atoms with Crippen LogP contribution in [0.25, 0.3) is 10.2 Å². The van der Waals surface area contributed by atoms with Crippen LogP contribution in [-0.4, -0.2) is 25.7 Å². The lowest BCUT2D eigenvalue weighted by Gasteiger charge is -2.18. The molecule has 0 N–H and O–H groups in total. The Labute approximate surface area is 148 Å². The van der Waals surface area contributed by atoms with Gasteiger partial charge in [-0.05, 0) is 30.3 Å². The zero-order valence-corrected chi connectivity index (χ0v) is 14.3. The Kier molecular flexibility index (Phi) is 3.99. The van der Waals surface area contributed by atoms with Crippen LogP contribution in [0, 0.1) is 0 Å². The Morgan fingerprint density at radius 3 is 2.72 bits per heavy atom. The Balaban J connectivity index is 1.75. The molecule has 4 rings (SSSR count). The van der Waals surface area contributed by atoms with Crippen molar-refractivity contribution in [3.05, 3.63) is 72.3 Å². The summed E-state index contributed by atoms with van der Waals surface area (Å²) in [7, 11) is 1.79. The lowest BCUT2D eigenvalue weighted by Crippen LogP contribution is -2.31. The summed E-state index contributed by atoms with van der Waals surface area (Å²) in [6.45, 7) is 0.343. The maximum Gasteiger partial charge on any atom is 0.280 e. The Hall–Kier alpha value is -3.06. The first-order valence-corrected chi connectivity index (χ1v) is 8.59. The number of anilines is 1. The van der Waals surface area contributed by atoms with Crippen LogP contribution < -0.4 is 4.90 Å². The number of fused-ring (bicyclic) bond motifs is 1. The summed E-state index contributed by atoms with van der Waals surface area (Å²) >= 11 is 1.49. The van der Waals surface area contributed by atoms with Gasteiger partial charge in [0.2, 0.25) is 0 Å². The van der Waals surface area contributed by atoms with Crippen LogP contribution in [0.1, 0.15) is 16.2 Å². The van der Waals surface area contributed by atoms with Gasteiger partial charge >= 0.3 is 0 Å². The Morgan fingerprint density at radius 1 is 1.16 bits per heavy atom. The average molecular weight is 349 g/mol. The molecule has 0 saturated carbocycles. The fourth-order valence-electron chi connectivity index (χ4n) is 2.52. The van der Waals surface area contributed by atoms with Gasteiger partial charge in [0.05, 0.1) is 22.5 Å². The van der Waals surface area contributed by atoms with E-state index in [2.05, 4.69) is 15.1 Å². The molecule has 1 amide bonds. The number of amides is 1. The van der Waals surface area contributed by atoms with Gasteiger partial charge in [0.25, 0.3) is 5.91 Å². The lowest BCUT2D eigenvalue weighted by molar-refractivity contribution is 0.0979. The number of aryl methyl sites for hydroxylation is 1. The molecule has 3 heterocycles. The number of rotatable bonds is 4. The molecular formula is C18H15N5OS. The maximum absolute atomic E-state index is 13.0. The van der Waals surface area contributed by atoms with E-state index >= 15 is 0 Å². The number of pyridine rings is 1. The quantitative estimate of drug-likeness (QED) is 0.567. The lowest BCUT2D eigenvalue weighted by atomic mass is 10.3. The second kappa shape index (κ2) is 6.45. The average Bonchev–Trinajstić information content (AvgIpc) is 3.26. The van der Waals surface area contributed by atoms with Gasteiger partial charge in [-0.2, -0.15) is 5.10 Å². The van der Waals surface area contributed by atoms with E-state index in [1.165, 1.54) is 11.3 Å². The first-order chi connectivity index (χ1) is 12.2. The second-order valence-electron chi connectivity index (χ2n) is 5.55. The SMILES string of the molecule is Cn1ccc(C(=O)N(Cc2ccccn2)c2nc3ccccc3s2)n1. The molecule has 0 atom stereocenters. The molecule has 25 heavy (non-hydrogen) atoms. The summed E-state index contributed by atoms with van der Waals surface area (Å²) in [5, 5.41) is 4.88. The molecule has 0 aliphatic rings. The summed E-state index contributed by atoms with van der Waals surface area (Å²) in [5.74, 6) is -0.190. The van der Waals surface area contributed by atoms with E-state index in [1.807, 2.05) is 42.5 Å². The van der Waals surface area contributed by atoms with Gasteiger partial charge in [0, 0.05) is 19.4 Å². The zero-order valence-electron chi connectivity index (χ0n) is 13.5. The van der Waals surface area contributed by atoms with E-state index in [9.17, 15) is 4.79 Å². The third kappa shape index (κ3) is 3.14. The minimum atomic E-state index is -0.190. The molecule has 124 valence electrons. The van der Waals surface area contributed by atoms with Gasteiger partial charge in [0.1, 0.15) is 0 Å². The zero-order chi connectivity index (χ0) is 17.2. The number of hydrogen-bond donors (Lipinski definition) is 0. The highest BCUT2D eigenvalue weighted by Crippen LogP contribution is 2.30. The van der Waals surface area contributed by atoms with Crippen molar-refractivity contribution in [2.24, 2.45) is 7.05 Å². The predicted molar refractivity (Wildman–Crippen MR) is 97.6 cm³/mol. The van der Waals surface area contributed by atoms with Gasteiger partial charge in [0.15, 0.2) is 10.8 Å². The first kappa shape index (κ1) is 15.5. The van der Waals surface area contributed by atoms with Gasteiger partial charge in [-0.15, -0.1) is 0 Å². The molecule has 0 fully saturated rings. The number of carbonyl (C=O) groups excluding carboxylic acids is 1. The number of benzene rings is 1. The molecule has 0 bridgehead atoms. The van der Waals surface area contributed by atoms with Crippen molar-refractivity contribution in [3.63, 3.8) is 0 Å². The molecule has 6 nitrogen and oxygen atoms in total. The maximum atomic E-state index is 13.0. The minimum absolute atomic E-state index is 0.190. The molecule has 0 spiro atoms. The molecule has 3 aromatic heterocycles. The van der Waals surface area contributed by atoms with Gasteiger partial charge in [-0.25, -0.2) is 4.98 Å². The molecule has 0 unspecified atom stereocenters. The normalized spacial score (nSPS) is 10.9. The Morgan fingerprint density at radius 2 is 2.00 bits per heavy atom. The summed E-state index contributed by atoms with van der Waals surface area (Å²) in [6, 6.07) is 15.2. The smallest absolute Gasteiger partial charge is 0.276 e. The number of thiazole rings is 1. The van der Waals surface area contributed by atoms with Crippen LogP contribution in [0.2, 0.25) is 0 Å². The molecule has 1 aromatic carbocycles. The van der Waals surface area contributed by atoms with E-state index in [-0.39, 0.29) is 5.91 Å². The number of aromatic nitrogens is 4. The third-order valence-corrected chi connectivity index (χ3v) is 4.80. The van der Waals surface area contributed by atoms with Gasteiger partial charge in [-0.3, -0.25) is 19.4 Å². The predicted octanol–water partition coefficient (Wildman–Crippen LogP) is 3.27. The van der Waals surface area contributed by atoms with Crippen LogP contribution in [0.5, 0.6) is 0 Å². The van der Waals surface area contributed by atoms with Gasteiger partial charge in [-0.1, -0.05) is 29.5 Å². The van der Waals surface area contributed by atoms with Gasteiger partial charge < -0.3 is 0 Å². The molecular weight excluding hydrogens is 334 g/mol. The molecule has 7 heteroatoms.